The summed E-state index contributed by atoms with van der Waals surface area (Å²) in [5.74, 6) is -0.397. The van der Waals surface area contributed by atoms with Crippen LogP contribution < -0.4 is 11.1 Å². The molecule has 0 heterocycles. The number of anilines is 1. The van der Waals surface area contributed by atoms with Gasteiger partial charge in [-0.25, -0.2) is 4.39 Å². The maximum Gasteiger partial charge on any atom is 0.135 e. The molecule has 0 saturated carbocycles. The minimum atomic E-state index is -0.397. The molecule has 0 aliphatic heterocycles. The van der Waals surface area contributed by atoms with Crippen LogP contribution in [0.2, 0.25) is 0 Å². The molecule has 0 aliphatic rings. The van der Waals surface area contributed by atoms with Crippen molar-refractivity contribution < 1.29 is 4.39 Å². The van der Waals surface area contributed by atoms with E-state index in [1.54, 1.807) is 12.1 Å². The molecule has 0 atom stereocenters. The molecular formula is C16H17FN2S. The number of hydrogen-bond acceptors (Lipinski definition) is 2. The van der Waals surface area contributed by atoms with Gasteiger partial charge in [0.15, 0.2) is 0 Å². The molecule has 0 aromatic heterocycles. The number of nitrogens with two attached hydrogens (primary N) is 1. The predicted octanol–water partition coefficient (Wildman–Crippen LogP) is 3.63. The Morgan fingerprint density at radius 2 is 1.90 bits per heavy atom. The second-order valence-corrected chi connectivity index (χ2v) is 4.97. The number of aryl methyl sites for hydroxylation is 1. The Morgan fingerprint density at radius 1 is 1.20 bits per heavy atom. The highest BCUT2D eigenvalue weighted by atomic mass is 32.1. The minimum Gasteiger partial charge on any atom is -0.389 e. The Hall–Kier alpha value is -1.94. The normalized spacial score (nSPS) is 10.3. The molecule has 2 nitrogen and oxygen atoms in total. The molecule has 2 aromatic carbocycles. The fourth-order valence-corrected chi connectivity index (χ4v) is 2.26. The van der Waals surface area contributed by atoms with Gasteiger partial charge in [-0.3, -0.25) is 0 Å². The van der Waals surface area contributed by atoms with E-state index in [-0.39, 0.29) is 10.6 Å². The maximum atomic E-state index is 13.8. The third-order valence-corrected chi connectivity index (χ3v) is 3.44. The lowest BCUT2D eigenvalue weighted by molar-refractivity contribution is 0.626. The molecule has 104 valence electrons. The van der Waals surface area contributed by atoms with Crippen molar-refractivity contribution in [3.63, 3.8) is 0 Å². The van der Waals surface area contributed by atoms with Crippen molar-refractivity contribution in [2.45, 2.75) is 19.9 Å². The average Bonchev–Trinajstić information content (AvgIpc) is 2.45. The molecule has 0 fully saturated rings. The molecule has 2 aromatic rings. The summed E-state index contributed by atoms with van der Waals surface area (Å²) in [6.45, 7) is 2.78. The van der Waals surface area contributed by atoms with Crippen LogP contribution in [0.1, 0.15) is 23.6 Å². The van der Waals surface area contributed by atoms with E-state index in [1.165, 1.54) is 17.2 Å². The molecule has 0 radical (unpaired) electrons. The summed E-state index contributed by atoms with van der Waals surface area (Å²) in [6.07, 6.45) is 0.979. The summed E-state index contributed by atoms with van der Waals surface area (Å²) >= 11 is 4.78. The Morgan fingerprint density at radius 3 is 2.50 bits per heavy atom. The van der Waals surface area contributed by atoms with Gasteiger partial charge < -0.3 is 11.1 Å². The highest BCUT2D eigenvalue weighted by Gasteiger charge is 2.06. The lowest BCUT2D eigenvalue weighted by Crippen LogP contribution is -2.12. The van der Waals surface area contributed by atoms with Gasteiger partial charge in [0.1, 0.15) is 10.8 Å². The van der Waals surface area contributed by atoms with Crippen LogP contribution in [-0.2, 0) is 13.0 Å². The fourth-order valence-electron chi connectivity index (χ4n) is 2.10. The highest BCUT2D eigenvalue weighted by Crippen LogP contribution is 2.17. The molecule has 0 aliphatic carbocycles. The fraction of sp³-hybridized carbons (Fsp3) is 0.188. The largest absolute Gasteiger partial charge is 0.389 e. The number of thiocarbonyl (C=S) groups is 1. The molecule has 0 bridgehead atoms. The van der Waals surface area contributed by atoms with E-state index in [0.29, 0.717) is 12.2 Å². The third kappa shape index (κ3) is 3.33. The van der Waals surface area contributed by atoms with E-state index in [2.05, 4.69) is 24.4 Å². The summed E-state index contributed by atoms with van der Waals surface area (Å²) in [5, 5.41) is 3.22. The molecule has 4 heteroatoms. The quantitative estimate of drug-likeness (QED) is 0.825. The summed E-state index contributed by atoms with van der Waals surface area (Å²) in [4.78, 5) is 0.0744. The first kappa shape index (κ1) is 14.5. The Labute approximate surface area is 123 Å². The standard InChI is InChI=1S/C16H17FN2S/c1-2-11-5-3-4-6-12(11)10-19-13-7-8-14(16(18)20)15(17)9-13/h3-9,19H,2,10H2,1H3,(H2,18,20). The van der Waals surface area contributed by atoms with Crippen LogP contribution in [0.25, 0.3) is 0 Å². The van der Waals surface area contributed by atoms with Crippen LogP contribution >= 0.6 is 12.2 Å². The number of benzene rings is 2. The van der Waals surface area contributed by atoms with Crippen molar-refractivity contribution in [1.29, 1.82) is 0 Å². The number of nitrogens with one attached hydrogen (secondary N) is 1. The van der Waals surface area contributed by atoms with Crippen molar-refractivity contribution in [1.82, 2.24) is 0 Å². The topological polar surface area (TPSA) is 38.0 Å². The molecule has 0 spiro atoms. The van der Waals surface area contributed by atoms with Gasteiger partial charge in [-0.2, -0.15) is 0 Å². The zero-order chi connectivity index (χ0) is 14.5. The SMILES string of the molecule is CCc1ccccc1CNc1ccc(C(N)=S)c(F)c1. The van der Waals surface area contributed by atoms with Crippen LogP contribution in [0, 0.1) is 5.82 Å². The van der Waals surface area contributed by atoms with Gasteiger partial charge in [0.2, 0.25) is 0 Å². The number of hydrogen-bond donors (Lipinski definition) is 2. The van der Waals surface area contributed by atoms with Gasteiger partial charge in [0.05, 0.1) is 0 Å². The second-order valence-electron chi connectivity index (χ2n) is 4.53. The maximum absolute atomic E-state index is 13.8. The Bertz CT molecular complexity index is 626. The summed E-state index contributed by atoms with van der Waals surface area (Å²) in [6, 6.07) is 13.0. The molecule has 3 N–H and O–H groups in total. The summed E-state index contributed by atoms with van der Waals surface area (Å²) in [5.41, 5.74) is 8.94. The molecule has 20 heavy (non-hydrogen) atoms. The van der Waals surface area contributed by atoms with Gasteiger partial charge in [-0.15, -0.1) is 0 Å². The first-order valence-corrected chi connectivity index (χ1v) is 6.92. The van der Waals surface area contributed by atoms with Crippen molar-refractivity contribution in [2.75, 3.05) is 5.32 Å². The first-order valence-electron chi connectivity index (χ1n) is 6.51. The van der Waals surface area contributed by atoms with Gasteiger partial charge in [-0.05, 0) is 35.7 Å². The first-order chi connectivity index (χ1) is 9.61. The van der Waals surface area contributed by atoms with Crippen LogP contribution in [-0.4, -0.2) is 4.99 Å². The van der Waals surface area contributed by atoms with Crippen molar-refractivity contribution in [3.05, 3.63) is 65.0 Å². The van der Waals surface area contributed by atoms with Gasteiger partial charge in [0.25, 0.3) is 0 Å². The van der Waals surface area contributed by atoms with E-state index in [4.69, 9.17) is 18.0 Å². The van der Waals surface area contributed by atoms with Crippen LogP contribution in [0.15, 0.2) is 42.5 Å². The average molecular weight is 288 g/mol. The van der Waals surface area contributed by atoms with Gasteiger partial charge in [-0.1, -0.05) is 43.4 Å². The van der Waals surface area contributed by atoms with E-state index in [1.807, 2.05) is 12.1 Å². The van der Waals surface area contributed by atoms with Gasteiger partial charge >= 0.3 is 0 Å². The smallest absolute Gasteiger partial charge is 0.135 e. The van der Waals surface area contributed by atoms with Crippen molar-refractivity contribution in [3.8, 4) is 0 Å². The van der Waals surface area contributed by atoms with Gasteiger partial charge in [0, 0.05) is 17.8 Å². The zero-order valence-electron chi connectivity index (χ0n) is 11.3. The number of halogens is 1. The van der Waals surface area contributed by atoms with Crippen LogP contribution in [0.4, 0.5) is 10.1 Å². The number of rotatable bonds is 5. The monoisotopic (exact) mass is 288 g/mol. The van der Waals surface area contributed by atoms with E-state index in [0.717, 1.165) is 6.42 Å². The molecule has 0 amide bonds. The van der Waals surface area contributed by atoms with E-state index >= 15 is 0 Å². The van der Waals surface area contributed by atoms with E-state index < -0.39 is 5.82 Å². The second kappa shape index (κ2) is 6.48. The third-order valence-electron chi connectivity index (χ3n) is 3.22. The van der Waals surface area contributed by atoms with Crippen LogP contribution in [0.5, 0.6) is 0 Å². The minimum absolute atomic E-state index is 0.0744. The molecule has 0 saturated heterocycles. The molecular weight excluding hydrogens is 271 g/mol. The Balaban J connectivity index is 2.11. The lowest BCUT2D eigenvalue weighted by atomic mass is 10.1. The lowest BCUT2D eigenvalue weighted by Gasteiger charge is -2.11. The summed E-state index contributed by atoms with van der Waals surface area (Å²) in [7, 11) is 0. The van der Waals surface area contributed by atoms with Crippen molar-refractivity contribution >= 4 is 22.9 Å². The Kier molecular flexibility index (Phi) is 4.69. The highest BCUT2D eigenvalue weighted by molar-refractivity contribution is 7.80. The van der Waals surface area contributed by atoms with Crippen LogP contribution in [0.3, 0.4) is 0 Å². The zero-order valence-corrected chi connectivity index (χ0v) is 12.1. The van der Waals surface area contributed by atoms with E-state index in [9.17, 15) is 4.39 Å². The summed E-state index contributed by atoms with van der Waals surface area (Å²) < 4.78 is 13.8. The van der Waals surface area contributed by atoms with Crippen molar-refractivity contribution in [2.24, 2.45) is 5.73 Å². The molecule has 0 unspecified atom stereocenters. The predicted molar refractivity (Wildman–Crippen MR) is 85.4 cm³/mol. The molecule has 2 rings (SSSR count).